The van der Waals surface area contributed by atoms with Crippen LogP contribution in [0.4, 0.5) is 13.2 Å². The molecule has 0 radical (unpaired) electrons. The van der Waals surface area contributed by atoms with E-state index in [1.54, 1.807) is 0 Å². The van der Waals surface area contributed by atoms with Crippen LogP contribution in [0.1, 0.15) is 5.56 Å². The van der Waals surface area contributed by atoms with Crippen LogP contribution in [0.15, 0.2) is 18.2 Å². The first kappa shape index (κ1) is 10.8. The smallest absolute Gasteiger partial charge is 0.250 e. The lowest BCUT2D eigenvalue weighted by molar-refractivity contribution is 0.145. The van der Waals surface area contributed by atoms with Gasteiger partial charge in [-0.25, -0.2) is 13.2 Å². The van der Waals surface area contributed by atoms with Crippen molar-refractivity contribution in [2.75, 3.05) is 6.54 Å². The first-order chi connectivity index (χ1) is 6.59. The molecule has 1 aromatic carbocycles. The van der Waals surface area contributed by atoms with E-state index in [4.69, 9.17) is 0 Å². The van der Waals surface area contributed by atoms with Gasteiger partial charge in [0.2, 0.25) is 0 Å². The molecule has 0 heterocycles. The van der Waals surface area contributed by atoms with Crippen molar-refractivity contribution in [3.8, 4) is 5.75 Å². The van der Waals surface area contributed by atoms with Crippen LogP contribution < -0.4 is 5.32 Å². The number of aromatic hydroxyl groups is 1. The zero-order valence-corrected chi connectivity index (χ0v) is 7.30. The van der Waals surface area contributed by atoms with E-state index in [1.165, 1.54) is 6.07 Å². The number of nitrogens with one attached hydrogen (secondary N) is 1. The normalized spacial score (nSPS) is 10.9. The molecule has 78 valence electrons. The summed E-state index contributed by atoms with van der Waals surface area (Å²) in [5.74, 6) is -0.607. The zero-order chi connectivity index (χ0) is 10.6. The number of phenolic OH excluding ortho intramolecular Hbond substituents is 1. The van der Waals surface area contributed by atoms with Gasteiger partial charge >= 0.3 is 0 Å². The third-order valence-electron chi connectivity index (χ3n) is 1.66. The van der Waals surface area contributed by atoms with Crippen LogP contribution in [-0.2, 0) is 6.54 Å². The van der Waals surface area contributed by atoms with Crippen LogP contribution >= 0.6 is 0 Å². The number of rotatable bonds is 4. The molecule has 0 aliphatic heterocycles. The second-order valence-electron chi connectivity index (χ2n) is 2.80. The molecule has 0 saturated heterocycles. The molecule has 0 unspecified atom stereocenters. The van der Waals surface area contributed by atoms with E-state index in [0.717, 1.165) is 12.1 Å². The Kier molecular flexibility index (Phi) is 3.76. The highest BCUT2D eigenvalue weighted by atomic mass is 19.3. The molecule has 2 nitrogen and oxygen atoms in total. The third-order valence-corrected chi connectivity index (χ3v) is 1.66. The van der Waals surface area contributed by atoms with Gasteiger partial charge in [0.05, 0.1) is 6.54 Å². The van der Waals surface area contributed by atoms with Gasteiger partial charge in [0, 0.05) is 12.1 Å². The van der Waals surface area contributed by atoms with Gasteiger partial charge in [0.15, 0.2) is 0 Å². The second kappa shape index (κ2) is 4.85. The Balaban J connectivity index is 2.53. The summed E-state index contributed by atoms with van der Waals surface area (Å²) in [6, 6.07) is 3.40. The average Bonchev–Trinajstić information content (AvgIpc) is 2.10. The van der Waals surface area contributed by atoms with Crippen molar-refractivity contribution >= 4 is 0 Å². The van der Waals surface area contributed by atoms with E-state index in [-0.39, 0.29) is 17.9 Å². The number of benzene rings is 1. The van der Waals surface area contributed by atoms with Crippen molar-refractivity contribution in [3.63, 3.8) is 0 Å². The predicted molar refractivity (Wildman–Crippen MR) is 45.8 cm³/mol. The number of halogens is 3. The van der Waals surface area contributed by atoms with Gasteiger partial charge in [-0.05, 0) is 18.2 Å². The minimum Gasteiger partial charge on any atom is -0.508 e. The van der Waals surface area contributed by atoms with Gasteiger partial charge in [0.1, 0.15) is 11.6 Å². The Morgan fingerprint density at radius 1 is 1.36 bits per heavy atom. The Morgan fingerprint density at radius 3 is 2.71 bits per heavy atom. The lowest BCUT2D eigenvalue weighted by Gasteiger charge is -2.06. The minimum atomic E-state index is -2.45. The van der Waals surface area contributed by atoms with Crippen molar-refractivity contribution in [2.24, 2.45) is 0 Å². The standard InChI is InChI=1S/C9H10F3NO/c10-7-1-2-8(14)6(3-7)4-13-5-9(11)12/h1-3,9,13-14H,4-5H2. The summed E-state index contributed by atoms with van der Waals surface area (Å²) in [6.07, 6.45) is -2.45. The molecule has 0 amide bonds. The maximum atomic E-state index is 12.6. The third kappa shape index (κ3) is 3.26. The van der Waals surface area contributed by atoms with Crippen molar-refractivity contribution in [3.05, 3.63) is 29.6 Å². The molecule has 0 aliphatic carbocycles. The fourth-order valence-electron chi connectivity index (χ4n) is 1.01. The molecule has 0 saturated carbocycles. The van der Waals surface area contributed by atoms with Crippen molar-refractivity contribution in [2.45, 2.75) is 13.0 Å². The van der Waals surface area contributed by atoms with Gasteiger partial charge in [0.25, 0.3) is 6.43 Å². The fourth-order valence-corrected chi connectivity index (χ4v) is 1.01. The average molecular weight is 205 g/mol. The Bertz CT molecular complexity index is 304. The van der Waals surface area contributed by atoms with Gasteiger partial charge in [-0.1, -0.05) is 0 Å². The highest BCUT2D eigenvalue weighted by Crippen LogP contribution is 2.17. The molecule has 0 spiro atoms. The highest BCUT2D eigenvalue weighted by molar-refractivity contribution is 5.32. The zero-order valence-electron chi connectivity index (χ0n) is 7.30. The SMILES string of the molecule is Oc1ccc(F)cc1CNCC(F)F. The summed E-state index contributed by atoms with van der Waals surface area (Å²) in [6.45, 7) is -0.454. The van der Waals surface area contributed by atoms with E-state index in [0.29, 0.717) is 0 Å². The molecule has 0 fully saturated rings. The minimum absolute atomic E-state index is 0.0218. The van der Waals surface area contributed by atoms with Crippen LogP contribution in [-0.4, -0.2) is 18.1 Å². The largest absolute Gasteiger partial charge is 0.508 e. The number of hydrogen-bond donors (Lipinski definition) is 2. The first-order valence-electron chi connectivity index (χ1n) is 4.06. The molecular formula is C9H10F3NO. The summed E-state index contributed by atoms with van der Waals surface area (Å²) in [5, 5.41) is 11.6. The van der Waals surface area contributed by atoms with E-state index >= 15 is 0 Å². The summed E-state index contributed by atoms with van der Waals surface area (Å²) in [5.41, 5.74) is 0.269. The Labute approximate surface area is 79.4 Å². The second-order valence-corrected chi connectivity index (χ2v) is 2.80. The van der Waals surface area contributed by atoms with Crippen molar-refractivity contribution in [1.29, 1.82) is 0 Å². The van der Waals surface area contributed by atoms with Crippen molar-refractivity contribution < 1.29 is 18.3 Å². The van der Waals surface area contributed by atoms with Crippen LogP contribution in [0.25, 0.3) is 0 Å². The summed E-state index contributed by atoms with van der Waals surface area (Å²) >= 11 is 0. The van der Waals surface area contributed by atoms with Gasteiger partial charge in [-0.15, -0.1) is 0 Å². The van der Waals surface area contributed by atoms with E-state index in [2.05, 4.69) is 5.32 Å². The van der Waals surface area contributed by atoms with Gasteiger partial charge in [-0.3, -0.25) is 0 Å². The molecule has 1 aromatic rings. The monoisotopic (exact) mass is 205 g/mol. The first-order valence-corrected chi connectivity index (χ1v) is 4.06. The fraction of sp³-hybridized carbons (Fsp3) is 0.333. The van der Waals surface area contributed by atoms with E-state index in [1.807, 2.05) is 0 Å². The quantitative estimate of drug-likeness (QED) is 0.786. The van der Waals surface area contributed by atoms with Crippen LogP contribution in [0.5, 0.6) is 5.75 Å². The highest BCUT2D eigenvalue weighted by Gasteiger charge is 2.04. The molecule has 0 aromatic heterocycles. The number of phenols is 1. The lowest BCUT2D eigenvalue weighted by Crippen LogP contribution is -2.20. The van der Waals surface area contributed by atoms with Crippen LogP contribution in [0.2, 0.25) is 0 Å². The van der Waals surface area contributed by atoms with E-state index in [9.17, 15) is 18.3 Å². The molecular weight excluding hydrogens is 195 g/mol. The maximum absolute atomic E-state index is 12.6. The molecule has 0 aliphatic rings. The predicted octanol–water partition coefficient (Wildman–Crippen LogP) is 1.89. The van der Waals surface area contributed by atoms with Gasteiger partial charge in [-0.2, -0.15) is 0 Å². The number of hydrogen-bond acceptors (Lipinski definition) is 2. The summed E-state index contributed by atoms with van der Waals surface area (Å²) in [7, 11) is 0. The molecule has 5 heteroatoms. The topological polar surface area (TPSA) is 32.3 Å². The Hall–Kier alpha value is -1.23. The molecule has 0 bridgehead atoms. The van der Waals surface area contributed by atoms with Crippen LogP contribution in [0.3, 0.4) is 0 Å². The number of alkyl halides is 2. The summed E-state index contributed by atoms with van der Waals surface area (Å²) < 4.78 is 36.1. The summed E-state index contributed by atoms with van der Waals surface area (Å²) in [4.78, 5) is 0. The maximum Gasteiger partial charge on any atom is 0.250 e. The molecule has 2 N–H and O–H groups in total. The molecule has 1 rings (SSSR count). The van der Waals surface area contributed by atoms with Crippen molar-refractivity contribution in [1.82, 2.24) is 5.32 Å². The van der Waals surface area contributed by atoms with E-state index < -0.39 is 18.8 Å². The molecule has 0 atom stereocenters. The van der Waals surface area contributed by atoms with Crippen LogP contribution in [0, 0.1) is 5.82 Å². The van der Waals surface area contributed by atoms with Gasteiger partial charge < -0.3 is 10.4 Å². The molecule has 14 heavy (non-hydrogen) atoms. The Morgan fingerprint density at radius 2 is 2.07 bits per heavy atom. The lowest BCUT2D eigenvalue weighted by atomic mass is 10.2.